The van der Waals surface area contributed by atoms with Gasteiger partial charge in [0, 0.05) is 29.8 Å². The normalized spacial score (nSPS) is 13.0. The summed E-state index contributed by atoms with van der Waals surface area (Å²) in [6.45, 7) is -0.200. The van der Waals surface area contributed by atoms with Gasteiger partial charge in [-0.1, -0.05) is 6.07 Å². The third-order valence-electron chi connectivity index (χ3n) is 4.71. The Kier molecular flexibility index (Phi) is 6.31. The number of halogens is 2. The fourth-order valence-corrected chi connectivity index (χ4v) is 2.98. The molecule has 1 aliphatic rings. The Hall–Kier alpha value is -3.16. The maximum atomic E-state index is 14.0. The lowest BCUT2D eigenvalue weighted by atomic mass is 10.1. The number of methoxy groups -OCH3 is 2. The molecule has 29 heavy (non-hydrogen) atoms. The number of carbonyl (C=O) groups excluding carboxylic acids is 2. The Morgan fingerprint density at radius 2 is 1.79 bits per heavy atom. The number of nitrogens with one attached hydrogen (secondary N) is 1. The minimum atomic E-state index is -0.696. The molecule has 8 heteroatoms. The van der Waals surface area contributed by atoms with Crippen molar-refractivity contribution in [1.29, 1.82) is 0 Å². The number of carbonyl (C=O) groups is 2. The van der Waals surface area contributed by atoms with E-state index < -0.39 is 17.5 Å². The summed E-state index contributed by atoms with van der Waals surface area (Å²) in [7, 11) is 2.96. The number of hydrogen-bond acceptors (Lipinski definition) is 4. The molecule has 0 saturated heterocycles. The van der Waals surface area contributed by atoms with Crippen LogP contribution in [0.3, 0.4) is 0 Å². The van der Waals surface area contributed by atoms with Crippen LogP contribution in [-0.2, 0) is 11.3 Å². The Morgan fingerprint density at radius 3 is 2.41 bits per heavy atom. The van der Waals surface area contributed by atoms with Crippen molar-refractivity contribution >= 4 is 11.8 Å². The van der Waals surface area contributed by atoms with Crippen LogP contribution in [0.25, 0.3) is 0 Å². The van der Waals surface area contributed by atoms with Crippen LogP contribution in [0.4, 0.5) is 8.78 Å². The second-order valence-corrected chi connectivity index (χ2v) is 6.74. The molecular formula is C21H22F2N2O4. The molecule has 1 aliphatic carbocycles. The summed E-state index contributed by atoms with van der Waals surface area (Å²) in [5.41, 5.74) is 0.552. The van der Waals surface area contributed by atoms with E-state index in [2.05, 4.69) is 5.32 Å². The van der Waals surface area contributed by atoms with Crippen LogP contribution in [0.5, 0.6) is 11.5 Å². The van der Waals surface area contributed by atoms with Crippen molar-refractivity contribution in [2.45, 2.75) is 25.4 Å². The number of hydrogen-bond donors (Lipinski definition) is 1. The molecule has 1 fully saturated rings. The molecule has 2 amide bonds. The van der Waals surface area contributed by atoms with E-state index in [-0.39, 0.29) is 30.6 Å². The van der Waals surface area contributed by atoms with Gasteiger partial charge in [-0.05, 0) is 37.1 Å². The van der Waals surface area contributed by atoms with Crippen molar-refractivity contribution in [3.05, 3.63) is 59.2 Å². The van der Waals surface area contributed by atoms with E-state index in [4.69, 9.17) is 9.47 Å². The molecule has 0 radical (unpaired) electrons. The van der Waals surface area contributed by atoms with Crippen LogP contribution in [0.2, 0.25) is 0 Å². The molecule has 2 aromatic carbocycles. The first-order valence-electron chi connectivity index (χ1n) is 9.16. The predicted molar refractivity (Wildman–Crippen MR) is 102 cm³/mol. The van der Waals surface area contributed by atoms with Gasteiger partial charge in [-0.15, -0.1) is 0 Å². The SMILES string of the molecule is COc1ccc(C(=O)NCC(=O)N(Cc2ccc(F)cc2F)C2CC2)cc1OC. The molecule has 3 rings (SSSR count). The van der Waals surface area contributed by atoms with Gasteiger partial charge in [-0.25, -0.2) is 8.78 Å². The lowest BCUT2D eigenvalue weighted by Crippen LogP contribution is -2.41. The van der Waals surface area contributed by atoms with Crippen LogP contribution < -0.4 is 14.8 Å². The van der Waals surface area contributed by atoms with Gasteiger partial charge in [0.25, 0.3) is 5.91 Å². The average molecular weight is 404 g/mol. The van der Waals surface area contributed by atoms with E-state index in [1.54, 1.807) is 12.1 Å². The maximum Gasteiger partial charge on any atom is 0.251 e. The molecule has 1 saturated carbocycles. The van der Waals surface area contributed by atoms with Crippen LogP contribution in [0, 0.1) is 11.6 Å². The van der Waals surface area contributed by atoms with E-state index in [9.17, 15) is 18.4 Å². The molecule has 0 spiro atoms. The highest BCUT2D eigenvalue weighted by Crippen LogP contribution is 2.29. The van der Waals surface area contributed by atoms with Crippen LogP contribution in [0.1, 0.15) is 28.8 Å². The number of nitrogens with zero attached hydrogens (tertiary/aromatic N) is 1. The van der Waals surface area contributed by atoms with Gasteiger partial charge in [0.05, 0.1) is 20.8 Å². The minimum absolute atomic E-state index is 0.00457. The van der Waals surface area contributed by atoms with Gasteiger partial charge < -0.3 is 19.7 Å². The Labute approximate surface area is 167 Å². The van der Waals surface area contributed by atoms with Gasteiger partial charge in [-0.2, -0.15) is 0 Å². The zero-order chi connectivity index (χ0) is 21.0. The lowest BCUT2D eigenvalue weighted by Gasteiger charge is -2.23. The summed E-state index contributed by atoms with van der Waals surface area (Å²) in [6.07, 6.45) is 1.64. The molecule has 6 nitrogen and oxygen atoms in total. The van der Waals surface area contributed by atoms with Crippen molar-refractivity contribution in [2.75, 3.05) is 20.8 Å². The van der Waals surface area contributed by atoms with Gasteiger partial charge in [-0.3, -0.25) is 9.59 Å². The fraction of sp³-hybridized carbons (Fsp3) is 0.333. The summed E-state index contributed by atoms with van der Waals surface area (Å²) < 4.78 is 37.4. The largest absolute Gasteiger partial charge is 0.493 e. The molecule has 0 aromatic heterocycles. The molecule has 0 unspecified atom stereocenters. The molecule has 0 heterocycles. The third-order valence-corrected chi connectivity index (χ3v) is 4.71. The highest BCUT2D eigenvalue weighted by Gasteiger charge is 2.33. The first-order chi connectivity index (χ1) is 13.9. The van der Waals surface area contributed by atoms with Crippen molar-refractivity contribution in [3.8, 4) is 11.5 Å². The van der Waals surface area contributed by atoms with Gasteiger partial charge in [0.2, 0.25) is 5.91 Å². The molecule has 2 aromatic rings. The summed E-state index contributed by atoms with van der Waals surface area (Å²) in [5.74, 6) is -1.25. The summed E-state index contributed by atoms with van der Waals surface area (Å²) >= 11 is 0. The zero-order valence-corrected chi connectivity index (χ0v) is 16.2. The monoisotopic (exact) mass is 404 g/mol. The topological polar surface area (TPSA) is 67.9 Å². The van der Waals surface area contributed by atoms with E-state index in [0.29, 0.717) is 17.1 Å². The van der Waals surface area contributed by atoms with E-state index >= 15 is 0 Å². The van der Waals surface area contributed by atoms with Crippen molar-refractivity contribution in [1.82, 2.24) is 10.2 Å². The third kappa shape index (κ3) is 5.01. The fourth-order valence-electron chi connectivity index (χ4n) is 2.98. The van der Waals surface area contributed by atoms with Crippen LogP contribution in [-0.4, -0.2) is 43.5 Å². The Bertz CT molecular complexity index is 916. The van der Waals surface area contributed by atoms with Crippen LogP contribution in [0.15, 0.2) is 36.4 Å². The van der Waals surface area contributed by atoms with Crippen molar-refractivity contribution < 1.29 is 27.8 Å². The molecule has 0 atom stereocenters. The number of rotatable bonds is 8. The summed E-state index contributed by atoms with van der Waals surface area (Å²) in [6, 6.07) is 7.97. The Morgan fingerprint density at radius 1 is 1.07 bits per heavy atom. The second kappa shape index (κ2) is 8.89. The highest BCUT2D eigenvalue weighted by atomic mass is 19.1. The summed E-state index contributed by atoms with van der Waals surface area (Å²) in [5, 5.41) is 2.58. The second-order valence-electron chi connectivity index (χ2n) is 6.74. The summed E-state index contributed by atoms with van der Waals surface area (Å²) in [4.78, 5) is 26.6. The quantitative estimate of drug-likeness (QED) is 0.735. The smallest absolute Gasteiger partial charge is 0.251 e. The minimum Gasteiger partial charge on any atom is -0.493 e. The molecule has 154 valence electrons. The first-order valence-corrected chi connectivity index (χ1v) is 9.16. The van der Waals surface area contributed by atoms with Crippen LogP contribution >= 0.6 is 0 Å². The number of amides is 2. The van der Waals surface area contributed by atoms with E-state index in [0.717, 1.165) is 25.0 Å². The number of ether oxygens (including phenoxy) is 2. The standard InChI is InChI=1S/C21H22F2N2O4/c1-28-18-8-4-13(9-19(18)29-2)21(27)24-11-20(26)25(16-6-7-16)12-14-3-5-15(22)10-17(14)23/h3-5,8-10,16H,6-7,11-12H2,1-2H3,(H,24,27). The first kappa shape index (κ1) is 20.6. The van der Waals surface area contributed by atoms with Crippen molar-refractivity contribution in [3.63, 3.8) is 0 Å². The highest BCUT2D eigenvalue weighted by molar-refractivity contribution is 5.97. The lowest BCUT2D eigenvalue weighted by molar-refractivity contribution is -0.131. The van der Waals surface area contributed by atoms with E-state index in [1.165, 1.54) is 31.3 Å². The molecular weight excluding hydrogens is 382 g/mol. The Balaban J connectivity index is 1.64. The molecule has 1 N–H and O–H groups in total. The van der Waals surface area contributed by atoms with E-state index in [1.807, 2.05) is 0 Å². The van der Waals surface area contributed by atoms with Gasteiger partial charge in [0.1, 0.15) is 11.6 Å². The maximum absolute atomic E-state index is 14.0. The average Bonchev–Trinajstić information content (AvgIpc) is 3.55. The number of benzene rings is 2. The van der Waals surface area contributed by atoms with Gasteiger partial charge in [0.15, 0.2) is 11.5 Å². The predicted octanol–water partition coefficient (Wildman–Crippen LogP) is 2.90. The zero-order valence-electron chi connectivity index (χ0n) is 16.2. The molecule has 0 bridgehead atoms. The van der Waals surface area contributed by atoms with Crippen molar-refractivity contribution in [2.24, 2.45) is 0 Å². The van der Waals surface area contributed by atoms with Gasteiger partial charge >= 0.3 is 0 Å². The molecule has 0 aliphatic heterocycles.